The molecule has 6 N–H and O–H groups in total. The number of primary amides is 1. The Labute approximate surface area is 195 Å². The molecule has 0 radical (unpaired) electrons. The molecule has 174 valence electrons. The minimum atomic E-state index is -0.785. The minimum Gasteiger partial charge on any atom is -0.365 e. The second-order valence-corrected chi connectivity index (χ2v) is 8.45. The Bertz CT molecular complexity index is 1340. The van der Waals surface area contributed by atoms with Gasteiger partial charge >= 0.3 is 0 Å². The van der Waals surface area contributed by atoms with Gasteiger partial charge in [-0.1, -0.05) is 18.9 Å². The summed E-state index contributed by atoms with van der Waals surface area (Å²) in [5.74, 6) is -1.25. The average molecular weight is 461 g/mol. The topological polar surface area (TPSA) is 137 Å². The maximum atomic E-state index is 14.8. The summed E-state index contributed by atoms with van der Waals surface area (Å²) in [5.41, 5.74) is 13.9. The predicted octanol–water partition coefficient (Wildman–Crippen LogP) is 3.48. The number of carbonyl (C=O) groups is 1. The van der Waals surface area contributed by atoms with Crippen LogP contribution < -0.4 is 22.1 Å². The molecule has 0 spiro atoms. The summed E-state index contributed by atoms with van der Waals surface area (Å²) in [6.07, 6.45) is 8.96. The zero-order valence-electron chi connectivity index (χ0n) is 18.4. The molecule has 0 bridgehead atoms. The standard InChI is InChI=1S/C24H25FN8O/c25-18-12-17(22(27)34)23(32-24(18)31-20-5-2-1-4-19(20)26)30-15-10-14-6-7-16(11-21(14)28-13-15)33-9-3-8-29-33/h3,6-13,19-20H,1-2,4-5,26H2,(H2,27,34)(H2,30,31,32)/t19?,20-/m1/s1. The summed E-state index contributed by atoms with van der Waals surface area (Å²) >= 11 is 0. The summed E-state index contributed by atoms with van der Waals surface area (Å²) in [6, 6.07) is 10.4. The highest BCUT2D eigenvalue weighted by Crippen LogP contribution is 2.28. The molecule has 1 unspecified atom stereocenters. The van der Waals surface area contributed by atoms with Crippen molar-refractivity contribution in [1.29, 1.82) is 0 Å². The average Bonchev–Trinajstić information content (AvgIpc) is 3.37. The van der Waals surface area contributed by atoms with Gasteiger partial charge < -0.3 is 22.1 Å². The van der Waals surface area contributed by atoms with Crippen molar-refractivity contribution in [3.63, 3.8) is 0 Å². The number of aromatic nitrogens is 4. The summed E-state index contributed by atoms with van der Waals surface area (Å²) in [4.78, 5) is 20.9. The maximum absolute atomic E-state index is 14.8. The van der Waals surface area contributed by atoms with E-state index in [1.807, 2.05) is 36.5 Å². The van der Waals surface area contributed by atoms with E-state index in [4.69, 9.17) is 11.5 Å². The molecular formula is C24H25FN8O. The molecule has 9 nitrogen and oxygen atoms in total. The molecule has 10 heteroatoms. The maximum Gasteiger partial charge on any atom is 0.252 e. The number of benzene rings is 1. The molecule has 0 aliphatic heterocycles. The van der Waals surface area contributed by atoms with Crippen molar-refractivity contribution in [2.75, 3.05) is 10.6 Å². The molecule has 1 aliphatic carbocycles. The smallest absolute Gasteiger partial charge is 0.252 e. The number of hydrogen-bond acceptors (Lipinski definition) is 7. The van der Waals surface area contributed by atoms with E-state index in [9.17, 15) is 9.18 Å². The normalized spacial score (nSPS) is 18.1. The number of anilines is 3. The summed E-state index contributed by atoms with van der Waals surface area (Å²) in [7, 11) is 0. The lowest BCUT2D eigenvalue weighted by atomic mass is 9.91. The van der Waals surface area contributed by atoms with Crippen LogP contribution in [0.3, 0.4) is 0 Å². The van der Waals surface area contributed by atoms with E-state index in [-0.39, 0.29) is 29.3 Å². The summed E-state index contributed by atoms with van der Waals surface area (Å²) in [5, 5.41) is 11.3. The summed E-state index contributed by atoms with van der Waals surface area (Å²) in [6.45, 7) is 0. The number of hydrogen-bond donors (Lipinski definition) is 4. The van der Waals surface area contributed by atoms with Crippen molar-refractivity contribution in [2.45, 2.75) is 37.8 Å². The van der Waals surface area contributed by atoms with Gasteiger partial charge in [0.15, 0.2) is 11.6 Å². The number of amides is 1. The van der Waals surface area contributed by atoms with Gasteiger partial charge in [0, 0.05) is 29.9 Å². The zero-order chi connectivity index (χ0) is 23.7. The first-order valence-electron chi connectivity index (χ1n) is 11.2. The van der Waals surface area contributed by atoms with Gasteiger partial charge in [0.1, 0.15) is 5.82 Å². The Morgan fingerprint density at radius 1 is 1.15 bits per heavy atom. The van der Waals surface area contributed by atoms with Gasteiger partial charge in [0.2, 0.25) is 0 Å². The van der Waals surface area contributed by atoms with Crippen LogP contribution in [0, 0.1) is 5.82 Å². The highest BCUT2D eigenvalue weighted by atomic mass is 19.1. The number of halogens is 1. The van der Waals surface area contributed by atoms with Crippen LogP contribution in [-0.4, -0.2) is 37.7 Å². The van der Waals surface area contributed by atoms with Crippen LogP contribution in [0.4, 0.5) is 21.7 Å². The highest BCUT2D eigenvalue weighted by molar-refractivity contribution is 5.99. The molecule has 5 rings (SSSR count). The third kappa shape index (κ3) is 4.40. The van der Waals surface area contributed by atoms with Crippen LogP contribution in [0.2, 0.25) is 0 Å². The number of nitrogens with zero attached hydrogens (tertiary/aromatic N) is 4. The fourth-order valence-corrected chi connectivity index (χ4v) is 4.27. The first-order chi connectivity index (χ1) is 16.5. The summed E-state index contributed by atoms with van der Waals surface area (Å²) < 4.78 is 16.5. The van der Waals surface area contributed by atoms with Crippen molar-refractivity contribution in [2.24, 2.45) is 11.5 Å². The van der Waals surface area contributed by atoms with E-state index in [2.05, 4.69) is 25.7 Å². The number of pyridine rings is 2. The zero-order valence-corrected chi connectivity index (χ0v) is 18.4. The minimum absolute atomic E-state index is 0.0347. The Kier molecular flexibility index (Phi) is 5.81. The lowest BCUT2D eigenvalue weighted by molar-refractivity contribution is 0.100. The van der Waals surface area contributed by atoms with E-state index in [1.54, 1.807) is 17.1 Å². The van der Waals surface area contributed by atoms with Crippen molar-refractivity contribution < 1.29 is 9.18 Å². The van der Waals surface area contributed by atoms with Crippen LogP contribution in [0.5, 0.6) is 0 Å². The van der Waals surface area contributed by atoms with E-state index in [0.717, 1.165) is 48.3 Å². The molecule has 3 heterocycles. The Hall–Kier alpha value is -4.05. The van der Waals surface area contributed by atoms with E-state index in [1.165, 1.54) is 0 Å². The van der Waals surface area contributed by atoms with E-state index in [0.29, 0.717) is 5.69 Å². The highest BCUT2D eigenvalue weighted by Gasteiger charge is 2.24. The number of nitrogens with two attached hydrogens (primary N) is 2. The monoisotopic (exact) mass is 460 g/mol. The first kappa shape index (κ1) is 21.8. The second-order valence-electron chi connectivity index (χ2n) is 8.45. The molecular weight excluding hydrogens is 435 g/mol. The van der Waals surface area contributed by atoms with Crippen molar-refractivity contribution in [1.82, 2.24) is 19.7 Å². The van der Waals surface area contributed by atoms with Crippen LogP contribution >= 0.6 is 0 Å². The number of fused-ring (bicyclic) bond motifs is 1. The molecule has 34 heavy (non-hydrogen) atoms. The predicted molar refractivity (Wildman–Crippen MR) is 129 cm³/mol. The second kappa shape index (κ2) is 9.06. The van der Waals surface area contributed by atoms with Gasteiger partial charge in [-0.25, -0.2) is 14.1 Å². The van der Waals surface area contributed by atoms with Crippen LogP contribution in [0.25, 0.3) is 16.6 Å². The fourth-order valence-electron chi connectivity index (χ4n) is 4.27. The number of rotatable bonds is 6. The van der Waals surface area contributed by atoms with E-state index >= 15 is 0 Å². The molecule has 1 saturated carbocycles. The van der Waals surface area contributed by atoms with Gasteiger partial charge in [0.05, 0.1) is 28.7 Å². The Balaban J connectivity index is 1.45. The quantitative estimate of drug-likeness (QED) is 0.346. The molecule has 2 atom stereocenters. The molecule has 1 amide bonds. The SMILES string of the molecule is NC(=O)c1cc(F)c(N[C@@H]2CCCCC2N)nc1Nc1cnc2cc(-n3cccn3)ccc2c1. The third-order valence-corrected chi connectivity index (χ3v) is 6.08. The molecule has 3 aromatic heterocycles. The lowest BCUT2D eigenvalue weighted by Crippen LogP contribution is -2.43. The number of nitrogens with one attached hydrogen (secondary N) is 2. The Morgan fingerprint density at radius 2 is 2.00 bits per heavy atom. The van der Waals surface area contributed by atoms with Crippen LogP contribution in [-0.2, 0) is 0 Å². The van der Waals surface area contributed by atoms with Gasteiger partial charge in [0.25, 0.3) is 5.91 Å². The van der Waals surface area contributed by atoms with Gasteiger partial charge in [-0.3, -0.25) is 9.78 Å². The molecule has 1 aliphatic rings. The van der Waals surface area contributed by atoms with Crippen molar-refractivity contribution in [3.8, 4) is 5.69 Å². The molecule has 4 aromatic rings. The van der Waals surface area contributed by atoms with Gasteiger partial charge in [-0.2, -0.15) is 5.10 Å². The molecule has 0 saturated heterocycles. The van der Waals surface area contributed by atoms with Gasteiger partial charge in [-0.15, -0.1) is 0 Å². The van der Waals surface area contributed by atoms with Crippen molar-refractivity contribution in [3.05, 3.63) is 66.4 Å². The third-order valence-electron chi connectivity index (χ3n) is 6.08. The first-order valence-corrected chi connectivity index (χ1v) is 11.2. The van der Waals surface area contributed by atoms with Crippen LogP contribution in [0.15, 0.2) is 55.0 Å². The molecule has 1 fully saturated rings. The lowest BCUT2D eigenvalue weighted by Gasteiger charge is -2.30. The van der Waals surface area contributed by atoms with Gasteiger partial charge in [-0.05, 0) is 43.2 Å². The molecule has 1 aromatic carbocycles. The van der Waals surface area contributed by atoms with Crippen LogP contribution in [0.1, 0.15) is 36.0 Å². The largest absolute Gasteiger partial charge is 0.365 e. The van der Waals surface area contributed by atoms with Crippen molar-refractivity contribution >= 4 is 34.1 Å². The number of carbonyl (C=O) groups excluding carboxylic acids is 1. The fraction of sp³-hybridized carbons (Fsp3) is 0.250. The van der Waals surface area contributed by atoms with E-state index < -0.39 is 11.7 Å². The Morgan fingerprint density at radius 3 is 2.76 bits per heavy atom.